The lowest BCUT2D eigenvalue weighted by Gasteiger charge is -2.38. The van der Waals surface area contributed by atoms with Crippen molar-refractivity contribution in [1.29, 1.82) is 0 Å². The highest BCUT2D eigenvalue weighted by Gasteiger charge is 2.48. The van der Waals surface area contributed by atoms with Gasteiger partial charge in [-0.1, -0.05) is 91.0 Å². The lowest BCUT2D eigenvalue weighted by molar-refractivity contribution is 0.0941. The van der Waals surface area contributed by atoms with Gasteiger partial charge in [-0.05, 0) is 60.7 Å². The number of ketones is 1. The number of hydrogen-bond acceptors (Lipinski definition) is 5. The van der Waals surface area contributed by atoms with Gasteiger partial charge in [-0.2, -0.15) is 0 Å². The minimum absolute atomic E-state index is 0.0452. The fourth-order valence-electron chi connectivity index (χ4n) is 4.21. The van der Waals surface area contributed by atoms with E-state index in [9.17, 15) is 4.79 Å². The molecule has 4 nitrogen and oxygen atoms in total. The summed E-state index contributed by atoms with van der Waals surface area (Å²) in [6.45, 7) is 4.80. The molecule has 3 aromatic carbocycles. The second-order valence-corrected chi connectivity index (χ2v) is 11.5. The number of rotatable bonds is 7. The van der Waals surface area contributed by atoms with E-state index in [1.54, 1.807) is 11.8 Å². The fraction of sp³-hybridized carbons (Fsp3) is 0.214. The smallest absolute Gasteiger partial charge is 0.205 e. The van der Waals surface area contributed by atoms with Crippen LogP contribution in [0.5, 0.6) is 0 Å². The number of halogens is 1. The van der Waals surface area contributed by atoms with E-state index in [4.69, 9.17) is 16.6 Å². The average molecular weight is 520 g/mol. The van der Waals surface area contributed by atoms with Crippen molar-refractivity contribution in [3.05, 3.63) is 107 Å². The van der Waals surface area contributed by atoms with Gasteiger partial charge in [-0.3, -0.25) is 13.7 Å². The highest BCUT2D eigenvalue weighted by molar-refractivity contribution is 8.02. The number of imidazole rings is 1. The first-order valence-corrected chi connectivity index (χ1v) is 13.8. The molecule has 0 aliphatic carbocycles. The largest absolute Gasteiger partial charge is 0.293 e. The Hall–Kier alpha value is -2.67. The monoisotopic (exact) mass is 519 g/mol. The summed E-state index contributed by atoms with van der Waals surface area (Å²) in [5, 5.41) is 1.50. The summed E-state index contributed by atoms with van der Waals surface area (Å²) in [5.41, 5.74) is 3.65. The molecule has 4 aromatic rings. The molecule has 178 valence electrons. The van der Waals surface area contributed by atoms with Gasteiger partial charge in [0.25, 0.3) is 0 Å². The topological polar surface area (TPSA) is 38.1 Å². The first-order chi connectivity index (χ1) is 17.0. The summed E-state index contributed by atoms with van der Waals surface area (Å²) in [7, 11) is 0. The van der Waals surface area contributed by atoms with Crippen LogP contribution in [0.1, 0.15) is 41.9 Å². The number of thioether (sulfide) groups is 1. The first-order valence-electron chi connectivity index (χ1n) is 11.6. The van der Waals surface area contributed by atoms with Crippen molar-refractivity contribution >= 4 is 46.9 Å². The van der Waals surface area contributed by atoms with Gasteiger partial charge in [0.05, 0.1) is 6.54 Å². The Labute approximate surface area is 219 Å². The van der Waals surface area contributed by atoms with Gasteiger partial charge >= 0.3 is 0 Å². The molecular formula is C28H26ClN3OS2. The molecule has 0 spiro atoms. The Bertz CT molecular complexity index is 1330. The minimum Gasteiger partial charge on any atom is -0.293 e. The van der Waals surface area contributed by atoms with Crippen LogP contribution < -0.4 is 4.31 Å². The van der Waals surface area contributed by atoms with Crippen molar-refractivity contribution < 1.29 is 4.79 Å². The van der Waals surface area contributed by atoms with Crippen LogP contribution in [0.4, 0.5) is 5.82 Å². The van der Waals surface area contributed by atoms with Gasteiger partial charge in [0, 0.05) is 16.5 Å². The normalized spacial score (nSPS) is 17.5. The Morgan fingerprint density at radius 3 is 2.29 bits per heavy atom. The Morgan fingerprint density at radius 1 is 0.971 bits per heavy atom. The van der Waals surface area contributed by atoms with Crippen molar-refractivity contribution in [2.24, 2.45) is 0 Å². The van der Waals surface area contributed by atoms with Crippen molar-refractivity contribution in [2.45, 2.75) is 36.7 Å². The van der Waals surface area contributed by atoms with Gasteiger partial charge in [-0.25, -0.2) is 4.98 Å². The number of carbonyl (C=O) groups excluding carboxylic acids is 1. The zero-order chi connectivity index (χ0) is 24.4. The van der Waals surface area contributed by atoms with Crippen LogP contribution in [0, 0.1) is 0 Å². The molecule has 0 radical (unpaired) electrons. The molecule has 0 saturated carbocycles. The zero-order valence-electron chi connectivity index (χ0n) is 19.6. The lowest BCUT2D eigenvalue weighted by atomic mass is 9.93. The second-order valence-electron chi connectivity index (χ2n) is 8.57. The molecule has 1 aromatic heterocycles. The van der Waals surface area contributed by atoms with E-state index in [1.807, 2.05) is 84.3 Å². The van der Waals surface area contributed by atoms with Gasteiger partial charge in [0.15, 0.2) is 11.0 Å². The highest BCUT2D eigenvalue weighted by Crippen LogP contribution is 2.51. The second kappa shape index (κ2) is 10.1. The lowest BCUT2D eigenvalue weighted by Crippen LogP contribution is -2.40. The summed E-state index contributed by atoms with van der Waals surface area (Å²) < 4.78 is 3.39. The summed E-state index contributed by atoms with van der Waals surface area (Å²) >= 11 is 9.41. The van der Waals surface area contributed by atoms with E-state index in [-0.39, 0.29) is 5.78 Å². The van der Waals surface area contributed by atoms with E-state index < -0.39 is 4.75 Å². The van der Waals surface area contributed by atoms with E-state index in [0.717, 1.165) is 40.0 Å². The van der Waals surface area contributed by atoms with Crippen molar-refractivity contribution in [2.75, 3.05) is 10.1 Å². The molecule has 1 aliphatic rings. The van der Waals surface area contributed by atoms with Crippen LogP contribution >= 0.6 is 35.3 Å². The molecule has 0 amide bonds. The molecular weight excluding hydrogens is 494 g/mol. The fourth-order valence-corrected chi connectivity index (χ4v) is 6.49. The number of para-hydroxylation sites is 1. The number of benzene rings is 3. The third-order valence-corrected chi connectivity index (χ3v) is 8.72. The number of aromatic nitrogens is 2. The molecule has 35 heavy (non-hydrogen) atoms. The van der Waals surface area contributed by atoms with Crippen LogP contribution in [0.25, 0.3) is 5.69 Å². The quantitative estimate of drug-likeness (QED) is 0.184. The molecule has 7 heteroatoms. The molecule has 1 atom stereocenters. The third-order valence-electron chi connectivity index (χ3n) is 6.02. The predicted octanol–water partition coefficient (Wildman–Crippen LogP) is 7.79. The van der Waals surface area contributed by atoms with Crippen LogP contribution in [0.2, 0.25) is 5.02 Å². The van der Waals surface area contributed by atoms with Gasteiger partial charge < -0.3 is 0 Å². The van der Waals surface area contributed by atoms with E-state index in [0.29, 0.717) is 17.3 Å². The number of fused-ring (bicyclic) bond motifs is 1. The van der Waals surface area contributed by atoms with Gasteiger partial charge in [0.2, 0.25) is 5.78 Å². The van der Waals surface area contributed by atoms with Gasteiger partial charge in [0.1, 0.15) is 10.4 Å². The standard InChI is InChI=1S/C28H26ClN3OS2/c1-3-18-34-27-30-26-24(32(27)23-12-8-5-9-13-23)25(33)28(2,21-14-16-22(29)17-15-21)35-31(26)19-20-10-6-4-7-11-20/h4-17H,3,18-19H2,1-2H3. The number of nitrogens with zero attached hydrogens (tertiary/aromatic N) is 3. The minimum atomic E-state index is -0.828. The summed E-state index contributed by atoms with van der Waals surface area (Å²) in [4.78, 5) is 19.4. The number of Topliss-reactive ketones (excluding diaryl/α,β-unsaturated/α-hetero) is 1. The maximum atomic E-state index is 14.4. The molecule has 0 N–H and O–H groups in total. The maximum Gasteiger partial charge on any atom is 0.205 e. The first kappa shape index (κ1) is 24.0. The summed E-state index contributed by atoms with van der Waals surface area (Å²) in [6, 6.07) is 28.0. The third kappa shape index (κ3) is 4.63. The molecule has 0 bridgehead atoms. The van der Waals surface area contributed by atoms with E-state index in [2.05, 4.69) is 23.4 Å². The average Bonchev–Trinajstić information content (AvgIpc) is 3.27. The summed E-state index contributed by atoms with van der Waals surface area (Å²) in [5.74, 6) is 1.69. The SMILES string of the molecule is CCCSc1nc2c(n1-c1ccccc1)C(=O)C(C)(c1ccc(Cl)cc1)SN2Cc1ccccc1. The van der Waals surface area contributed by atoms with Gasteiger partial charge in [-0.15, -0.1) is 0 Å². The van der Waals surface area contributed by atoms with Crippen molar-refractivity contribution in [1.82, 2.24) is 9.55 Å². The predicted molar refractivity (Wildman–Crippen MR) is 148 cm³/mol. The summed E-state index contributed by atoms with van der Waals surface area (Å²) in [6.07, 6.45) is 1.02. The maximum absolute atomic E-state index is 14.4. The van der Waals surface area contributed by atoms with Crippen molar-refractivity contribution in [3.63, 3.8) is 0 Å². The molecule has 0 fully saturated rings. The molecule has 1 aliphatic heterocycles. The molecule has 0 saturated heterocycles. The van der Waals surface area contributed by atoms with Crippen molar-refractivity contribution in [3.8, 4) is 5.69 Å². The van der Waals surface area contributed by atoms with Crippen LogP contribution in [-0.4, -0.2) is 21.1 Å². The van der Waals surface area contributed by atoms with E-state index >= 15 is 0 Å². The highest BCUT2D eigenvalue weighted by atomic mass is 35.5. The number of carbonyl (C=O) groups is 1. The van der Waals surface area contributed by atoms with Crippen LogP contribution in [0.15, 0.2) is 90.1 Å². The number of anilines is 1. The molecule has 5 rings (SSSR count). The molecule has 1 unspecified atom stereocenters. The Morgan fingerprint density at radius 2 is 1.63 bits per heavy atom. The Kier molecular flexibility index (Phi) is 6.96. The zero-order valence-corrected chi connectivity index (χ0v) is 22.0. The van der Waals surface area contributed by atoms with Crippen LogP contribution in [0.3, 0.4) is 0 Å². The van der Waals surface area contributed by atoms with E-state index in [1.165, 1.54) is 11.9 Å². The molecule has 2 heterocycles. The number of hydrogen-bond donors (Lipinski definition) is 0. The van der Waals surface area contributed by atoms with Crippen LogP contribution in [-0.2, 0) is 11.3 Å². The Balaban J connectivity index is 1.71.